The Bertz CT molecular complexity index is 1450. The molecule has 0 radical (unpaired) electrons. The molecule has 4 heterocycles. The number of rotatable bonds is 4. The van der Waals surface area contributed by atoms with Crippen LogP contribution in [0.4, 0.5) is 11.5 Å². The highest BCUT2D eigenvalue weighted by Gasteiger charge is 2.32. The smallest absolute Gasteiger partial charge is 0.144 e. The van der Waals surface area contributed by atoms with Crippen LogP contribution in [0, 0.1) is 5.41 Å². The Morgan fingerprint density at radius 3 is 2.64 bits per heavy atom. The number of likely N-dealkylation sites (tertiary alicyclic amines) is 1. The van der Waals surface area contributed by atoms with Crippen LogP contribution in [0.25, 0.3) is 11.1 Å². The highest BCUT2D eigenvalue weighted by Crippen LogP contribution is 2.40. The average Bonchev–Trinajstić information content (AvgIpc) is 3.50. The summed E-state index contributed by atoms with van der Waals surface area (Å²) in [6, 6.07) is 13.3. The summed E-state index contributed by atoms with van der Waals surface area (Å²) < 4.78 is 6.29. The molecule has 0 saturated carbocycles. The number of fused-ring (bicyclic) bond motifs is 3. The van der Waals surface area contributed by atoms with Crippen molar-refractivity contribution in [2.75, 3.05) is 31.1 Å². The molecule has 3 aromatic rings. The fourth-order valence-corrected chi connectivity index (χ4v) is 6.72. The highest BCUT2D eigenvalue weighted by molar-refractivity contribution is 5.93. The van der Waals surface area contributed by atoms with Crippen LogP contribution >= 0.6 is 0 Å². The van der Waals surface area contributed by atoms with E-state index in [1.807, 2.05) is 0 Å². The lowest BCUT2D eigenvalue weighted by Gasteiger charge is -2.34. The maximum absolute atomic E-state index is 6.29. The van der Waals surface area contributed by atoms with E-state index < -0.39 is 0 Å². The summed E-state index contributed by atoms with van der Waals surface area (Å²) in [4.78, 5) is 20.1. The first-order valence-corrected chi connectivity index (χ1v) is 14.7. The van der Waals surface area contributed by atoms with Crippen molar-refractivity contribution in [2.45, 2.75) is 72.4 Å². The van der Waals surface area contributed by atoms with Gasteiger partial charge in [-0.3, -0.25) is 9.89 Å². The van der Waals surface area contributed by atoms with Gasteiger partial charge in [-0.25, -0.2) is 9.97 Å². The molecular weight excluding hydrogens is 482 g/mol. The minimum absolute atomic E-state index is 0.267. The number of aryl methyl sites for hydroxylation is 1. The molecule has 1 aliphatic carbocycles. The highest BCUT2D eigenvalue weighted by atomic mass is 16.5. The van der Waals surface area contributed by atoms with Crippen LogP contribution in [0.15, 0.2) is 41.4 Å². The first-order valence-electron chi connectivity index (χ1n) is 14.7. The van der Waals surface area contributed by atoms with E-state index in [1.165, 1.54) is 58.5 Å². The predicted molar refractivity (Wildman–Crippen MR) is 157 cm³/mol. The second-order valence-corrected chi connectivity index (χ2v) is 12.7. The van der Waals surface area contributed by atoms with Gasteiger partial charge in [0.1, 0.15) is 24.0 Å². The minimum atomic E-state index is 0.267. The molecule has 2 aromatic carbocycles. The molecule has 202 valence electrons. The van der Waals surface area contributed by atoms with Crippen molar-refractivity contribution in [3.63, 3.8) is 0 Å². The van der Waals surface area contributed by atoms with Gasteiger partial charge >= 0.3 is 0 Å². The minimum Gasteiger partial charge on any atom is -0.491 e. The number of benzene rings is 2. The number of nitrogens with zero attached hydrogens (tertiary/aromatic N) is 5. The number of aliphatic imine (C=N–C) groups is 1. The normalized spacial score (nSPS) is 20.1. The lowest BCUT2D eigenvalue weighted by atomic mass is 9.76. The van der Waals surface area contributed by atoms with Gasteiger partial charge in [-0.05, 0) is 92.4 Å². The van der Waals surface area contributed by atoms with Crippen LogP contribution in [0.5, 0.6) is 5.75 Å². The van der Waals surface area contributed by atoms with Crippen LogP contribution in [0.3, 0.4) is 0 Å². The van der Waals surface area contributed by atoms with E-state index in [0.717, 1.165) is 75.1 Å². The Labute approximate surface area is 232 Å². The van der Waals surface area contributed by atoms with Gasteiger partial charge < -0.3 is 9.64 Å². The van der Waals surface area contributed by atoms with Gasteiger partial charge in [0.25, 0.3) is 0 Å². The summed E-state index contributed by atoms with van der Waals surface area (Å²) in [6.45, 7) is 12.3. The van der Waals surface area contributed by atoms with Crippen molar-refractivity contribution in [3.05, 3.63) is 64.6 Å². The number of hydrogen-bond donors (Lipinski definition) is 0. The average molecular weight is 522 g/mol. The second-order valence-electron chi connectivity index (χ2n) is 12.7. The van der Waals surface area contributed by atoms with Gasteiger partial charge in [0.15, 0.2) is 0 Å². The van der Waals surface area contributed by atoms with Gasteiger partial charge in [-0.15, -0.1) is 0 Å². The summed E-state index contributed by atoms with van der Waals surface area (Å²) in [7, 11) is 0. The zero-order valence-electron chi connectivity index (χ0n) is 23.6. The standard InChI is InChI=1S/C33H39N5O/c1-22-16-25-7-6-24(18-29(25)34-22)23-8-9-30-26(17-23)20-38(14-15-39-30)32-27-19-33(2,3)11-10-28(27)35-31(36-32)21-37-12-4-5-13-37/h6-9,17-18H,4-5,10-16,19-21H2,1-3H3. The summed E-state index contributed by atoms with van der Waals surface area (Å²) in [6.07, 6.45) is 6.77. The first-order chi connectivity index (χ1) is 18.9. The van der Waals surface area contributed by atoms with E-state index in [4.69, 9.17) is 19.7 Å². The molecule has 6 nitrogen and oxygen atoms in total. The molecule has 3 aliphatic heterocycles. The van der Waals surface area contributed by atoms with E-state index in [-0.39, 0.29) is 5.41 Å². The SMILES string of the molecule is CC1=Nc2cc(-c3ccc4c(c3)CN(c3nc(CN5CCCC5)nc5c3CC(C)(C)CC5)CCO4)ccc2C1. The van der Waals surface area contributed by atoms with Crippen LogP contribution < -0.4 is 9.64 Å². The maximum atomic E-state index is 6.29. The molecule has 7 rings (SSSR count). The molecular formula is C33H39N5O. The summed E-state index contributed by atoms with van der Waals surface area (Å²) in [5.74, 6) is 3.10. The maximum Gasteiger partial charge on any atom is 0.144 e. The Morgan fingerprint density at radius 2 is 1.77 bits per heavy atom. The van der Waals surface area contributed by atoms with Crippen LogP contribution in [-0.2, 0) is 32.4 Å². The molecule has 1 fully saturated rings. The van der Waals surface area contributed by atoms with E-state index in [9.17, 15) is 0 Å². The number of aromatic nitrogens is 2. The summed E-state index contributed by atoms with van der Waals surface area (Å²) >= 11 is 0. The van der Waals surface area contributed by atoms with Gasteiger partial charge in [-0.1, -0.05) is 32.0 Å². The third-order valence-electron chi connectivity index (χ3n) is 8.89. The Hall–Kier alpha value is -3.25. The third kappa shape index (κ3) is 4.95. The van der Waals surface area contributed by atoms with Crippen LogP contribution in [0.1, 0.15) is 68.2 Å². The van der Waals surface area contributed by atoms with E-state index in [1.54, 1.807) is 0 Å². The van der Waals surface area contributed by atoms with Gasteiger partial charge in [0, 0.05) is 35.5 Å². The molecule has 1 saturated heterocycles. The van der Waals surface area contributed by atoms with E-state index >= 15 is 0 Å². The second kappa shape index (κ2) is 9.74. The van der Waals surface area contributed by atoms with Crippen molar-refractivity contribution >= 4 is 17.2 Å². The van der Waals surface area contributed by atoms with Crippen LogP contribution in [-0.4, -0.2) is 46.8 Å². The molecule has 1 aromatic heterocycles. The topological polar surface area (TPSA) is 53.9 Å². The Morgan fingerprint density at radius 1 is 0.949 bits per heavy atom. The summed E-state index contributed by atoms with van der Waals surface area (Å²) in [5, 5.41) is 0. The lowest BCUT2D eigenvalue weighted by Crippen LogP contribution is -2.32. The van der Waals surface area contributed by atoms with Crippen molar-refractivity contribution < 1.29 is 4.74 Å². The lowest BCUT2D eigenvalue weighted by molar-refractivity contribution is 0.303. The fourth-order valence-electron chi connectivity index (χ4n) is 6.72. The van der Waals surface area contributed by atoms with E-state index in [2.05, 4.69) is 67.0 Å². The van der Waals surface area contributed by atoms with Crippen molar-refractivity contribution in [1.29, 1.82) is 0 Å². The number of hydrogen-bond acceptors (Lipinski definition) is 6. The van der Waals surface area contributed by atoms with Crippen molar-refractivity contribution in [2.24, 2.45) is 10.4 Å². The fraction of sp³-hybridized carbons (Fsp3) is 0.485. The predicted octanol–water partition coefficient (Wildman–Crippen LogP) is 6.30. The quantitative estimate of drug-likeness (QED) is 0.403. The monoisotopic (exact) mass is 521 g/mol. The molecule has 39 heavy (non-hydrogen) atoms. The van der Waals surface area contributed by atoms with Crippen molar-refractivity contribution in [3.8, 4) is 16.9 Å². The largest absolute Gasteiger partial charge is 0.491 e. The number of anilines is 1. The molecule has 0 spiro atoms. The van der Waals surface area contributed by atoms with E-state index in [0.29, 0.717) is 6.61 Å². The summed E-state index contributed by atoms with van der Waals surface area (Å²) in [5.41, 5.74) is 10.1. The van der Waals surface area contributed by atoms with Gasteiger partial charge in [-0.2, -0.15) is 0 Å². The molecule has 4 aliphatic rings. The zero-order chi connectivity index (χ0) is 26.6. The van der Waals surface area contributed by atoms with Crippen molar-refractivity contribution in [1.82, 2.24) is 14.9 Å². The molecule has 0 atom stereocenters. The molecule has 0 bridgehead atoms. The van der Waals surface area contributed by atoms with Gasteiger partial charge in [0.05, 0.1) is 18.8 Å². The zero-order valence-corrected chi connectivity index (χ0v) is 23.6. The molecule has 6 heteroatoms. The molecule has 0 amide bonds. The van der Waals surface area contributed by atoms with Crippen LogP contribution in [0.2, 0.25) is 0 Å². The number of ether oxygens (including phenoxy) is 1. The Balaban J connectivity index is 1.24. The molecule has 0 N–H and O–H groups in total. The Kier molecular flexibility index (Phi) is 6.19. The molecule has 0 unspecified atom stereocenters. The third-order valence-corrected chi connectivity index (χ3v) is 8.89. The first kappa shape index (κ1) is 24.8. The van der Waals surface area contributed by atoms with Gasteiger partial charge in [0.2, 0.25) is 0 Å².